The van der Waals surface area contributed by atoms with Gasteiger partial charge < -0.3 is 28.2 Å². The van der Waals surface area contributed by atoms with Gasteiger partial charge >= 0.3 is 29.8 Å². The summed E-state index contributed by atoms with van der Waals surface area (Å²) in [7, 11) is -3.69. The Morgan fingerprint density at radius 3 is 1.48 bits per heavy atom. The highest BCUT2D eigenvalue weighted by Crippen LogP contribution is 2.60. The van der Waals surface area contributed by atoms with Gasteiger partial charge in [-0.2, -0.15) is 0 Å². The van der Waals surface area contributed by atoms with Gasteiger partial charge in [0.25, 0.3) is 0 Å². The van der Waals surface area contributed by atoms with Crippen LogP contribution in [0, 0.1) is 0 Å². The van der Waals surface area contributed by atoms with Crippen molar-refractivity contribution in [1.82, 2.24) is 0 Å². The second-order valence-corrected chi connectivity index (χ2v) is 9.94. The van der Waals surface area contributed by atoms with Gasteiger partial charge in [-0.15, -0.1) is 0 Å². The van der Waals surface area contributed by atoms with Gasteiger partial charge in [0.1, 0.15) is 13.7 Å². The summed E-state index contributed by atoms with van der Waals surface area (Å²) < 4.78 is 39.4. The van der Waals surface area contributed by atoms with Crippen LogP contribution in [-0.4, -0.2) is 72.9 Å². The molecule has 0 saturated carbocycles. The Balaban J connectivity index is 3.59. The van der Waals surface area contributed by atoms with E-state index in [1.54, 1.807) is 0 Å². The van der Waals surface area contributed by atoms with Gasteiger partial charge in [-0.05, 0) is 6.66 Å². The molecule has 0 aromatic carbocycles. The van der Waals surface area contributed by atoms with E-state index in [1.165, 1.54) is 6.66 Å². The maximum absolute atomic E-state index is 13.7. The zero-order chi connectivity index (χ0) is 22.5. The van der Waals surface area contributed by atoms with Crippen LogP contribution in [0.5, 0.6) is 0 Å². The summed E-state index contributed by atoms with van der Waals surface area (Å²) in [4.78, 5) is 57.9. The van der Waals surface area contributed by atoms with E-state index in [4.69, 9.17) is 23.7 Å². The normalized spacial score (nSPS) is 31.2. The fraction of sp³-hybridized carbons (Fsp3) is 0.706. The first kappa shape index (κ1) is 24.6. The quantitative estimate of drug-likeness (QED) is 0.327. The highest BCUT2D eigenvalue weighted by Gasteiger charge is 2.61. The number of hydrogen-bond donors (Lipinski definition) is 0. The van der Waals surface area contributed by atoms with Gasteiger partial charge in [-0.1, -0.05) is 0 Å². The molecule has 6 atom stereocenters. The molecule has 0 N–H and O–H groups in total. The van der Waals surface area contributed by atoms with E-state index in [0.29, 0.717) is 0 Å². The second kappa shape index (κ2) is 9.87. The SMILES string of the molecule is CC(=O)OC[C@@H]1[C@@H](OC(C)=O)[C@H](OC(C)=O)[C@H](OC(C)=O)[C@H](OC(C)=O)P1(C)=O. The lowest BCUT2D eigenvalue weighted by Gasteiger charge is -2.47. The van der Waals surface area contributed by atoms with Crippen LogP contribution < -0.4 is 0 Å². The maximum atomic E-state index is 13.7. The molecule has 0 aliphatic carbocycles. The number of carbonyl (C=O) groups is 5. The largest absolute Gasteiger partial charge is 0.465 e. The molecule has 1 aliphatic heterocycles. The molecule has 0 amide bonds. The van der Waals surface area contributed by atoms with Crippen LogP contribution in [0.25, 0.3) is 0 Å². The van der Waals surface area contributed by atoms with Crippen molar-refractivity contribution in [2.24, 2.45) is 0 Å². The van der Waals surface area contributed by atoms with E-state index < -0.39 is 73.4 Å². The molecule has 1 unspecified atom stereocenters. The van der Waals surface area contributed by atoms with E-state index in [1.807, 2.05) is 0 Å². The minimum Gasteiger partial charge on any atom is -0.465 e. The number of hydrogen-bond acceptors (Lipinski definition) is 11. The minimum absolute atomic E-state index is 0.469. The first-order valence-electron chi connectivity index (χ1n) is 8.66. The molecule has 164 valence electrons. The topological polar surface area (TPSA) is 149 Å². The van der Waals surface area contributed by atoms with Gasteiger partial charge in [0, 0.05) is 34.6 Å². The van der Waals surface area contributed by atoms with Gasteiger partial charge in [0.05, 0.1) is 5.66 Å². The third-order valence-electron chi connectivity index (χ3n) is 4.12. The van der Waals surface area contributed by atoms with Crippen molar-refractivity contribution in [2.45, 2.75) is 64.4 Å². The van der Waals surface area contributed by atoms with Crippen molar-refractivity contribution in [1.29, 1.82) is 0 Å². The molecule has 1 rings (SSSR count). The van der Waals surface area contributed by atoms with E-state index in [0.717, 1.165) is 34.6 Å². The molecule has 1 aliphatic rings. The first-order valence-corrected chi connectivity index (χ1v) is 11.0. The second-order valence-electron chi connectivity index (χ2n) is 6.65. The summed E-state index contributed by atoms with van der Waals surface area (Å²) in [6, 6.07) is 0. The lowest BCUT2D eigenvalue weighted by molar-refractivity contribution is -0.197. The summed E-state index contributed by atoms with van der Waals surface area (Å²) in [6.07, 6.45) is -4.34. The van der Waals surface area contributed by atoms with Gasteiger partial charge in [0.15, 0.2) is 24.2 Å². The minimum atomic E-state index is -3.69. The fourth-order valence-electron chi connectivity index (χ4n) is 3.11. The molecule has 1 saturated heterocycles. The van der Waals surface area contributed by atoms with E-state index in [9.17, 15) is 28.5 Å². The molecule has 0 radical (unpaired) electrons. The van der Waals surface area contributed by atoms with Crippen LogP contribution in [0.15, 0.2) is 0 Å². The lowest BCUT2D eigenvalue weighted by Crippen LogP contribution is -2.61. The number of ether oxygens (including phenoxy) is 5. The Kier molecular flexibility index (Phi) is 8.37. The summed E-state index contributed by atoms with van der Waals surface area (Å²) >= 11 is 0. The van der Waals surface area contributed by atoms with Crippen molar-refractivity contribution in [3.63, 3.8) is 0 Å². The van der Waals surface area contributed by atoms with Crippen molar-refractivity contribution in [3.05, 3.63) is 0 Å². The molecule has 1 heterocycles. The molecule has 12 heteroatoms. The highest BCUT2D eigenvalue weighted by atomic mass is 31.2. The summed E-state index contributed by atoms with van der Waals surface area (Å²) in [5, 5.41) is 0. The van der Waals surface area contributed by atoms with Crippen molar-refractivity contribution >= 4 is 37.0 Å². The third kappa shape index (κ3) is 6.56. The number of carbonyl (C=O) groups excluding carboxylic acids is 5. The predicted octanol–water partition coefficient (Wildman–Crippen LogP) is 0.609. The van der Waals surface area contributed by atoms with Crippen molar-refractivity contribution in [3.8, 4) is 0 Å². The smallest absolute Gasteiger partial charge is 0.303 e. The monoisotopic (exact) mass is 436 g/mol. The fourth-order valence-corrected chi connectivity index (χ4v) is 5.84. The Hall–Kier alpha value is -2.42. The van der Waals surface area contributed by atoms with Crippen LogP contribution in [0.4, 0.5) is 0 Å². The molecule has 0 aromatic rings. The van der Waals surface area contributed by atoms with Crippen molar-refractivity contribution in [2.75, 3.05) is 13.3 Å². The number of esters is 5. The zero-order valence-electron chi connectivity index (χ0n) is 17.0. The lowest BCUT2D eigenvalue weighted by atomic mass is 10.0. The zero-order valence-corrected chi connectivity index (χ0v) is 17.9. The van der Waals surface area contributed by atoms with Crippen molar-refractivity contribution < 1.29 is 52.2 Å². The van der Waals surface area contributed by atoms with Crippen LogP contribution >= 0.6 is 7.14 Å². The van der Waals surface area contributed by atoms with Crippen LogP contribution in [0.3, 0.4) is 0 Å². The molecule has 11 nitrogen and oxygen atoms in total. The van der Waals surface area contributed by atoms with E-state index in [-0.39, 0.29) is 0 Å². The summed E-state index contributed by atoms with van der Waals surface area (Å²) in [5.41, 5.74) is -1.18. The Bertz CT molecular complexity index is 731. The number of rotatable bonds is 6. The predicted molar refractivity (Wildman–Crippen MR) is 96.2 cm³/mol. The van der Waals surface area contributed by atoms with Crippen LogP contribution in [-0.2, 0) is 52.2 Å². The van der Waals surface area contributed by atoms with Crippen LogP contribution in [0.2, 0.25) is 0 Å². The van der Waals surface area contributed by atoms with Crippen LogP contribution in [0.1, 0.15) is 34.6 Å². The highest BCUT2D eigenvalue weighted by molar-refractivity contribution is 7.64. The molecule has 0 aromatic heterocycles. The van der Waals surface area contributed by atoms with Gasteiger partial charge in [-0.25, -0.2) is 0 Å². The summed E-state index contributed by atoms with van der Waals surface area (Å²) in [6.45, 7) is 6.16. The molecule has 0 bridgehead atoms. The molecular weight excluding hydrogens is 411 g/mol. The average molecular weight is 436 g/mol. The molecule has 1 fully saturated rings. The summed E-state index contributed by atoms with van der Waals surface area (Å²) in [5.74, 6) is -5.47. The average Bonchev–Trinajstić information content (AvgIpc) is 2.52. The molecule has 29 heavy (non-hydrogen) atoms. The Labute approximate surface area is 167 Å². The van der Waals surface area contributed by atoms with Gasteiger partial charge in [-0.3, -0.25) is 24.0 Å². The molecular formula is C17H25O11P. The first-order chi connectivity index (χ1) is 13.3. The standard InChI is InChI=1S/C17H25O11P/c1-8(18)24-7-13-14(25-9(2)19)15(26-10(3)20)16(27-11(4)21)17(28-12(5)22)29(13,6)23/h13-17H,7H2,1-6H3/t13-,14-,15+,16+,17-,29?/m1/s1. The Morgan fingerprint density at radius 1 is 0.655 bits per heavy atom. The van der Waals surface area contributed by atoms with Gasteiger partial charge in [0.2, 0.25) is 0 Å². The van der Waals surface area contributed by atoms with E-state index >= 15 is 0 Å². The molecule has 0 spiro atoms. The van der Waals surface area contributed by atoms with E-state index in [2.05, 4.69) is 0 Å². The third-order valence-corrected chi connectivity index (χ3v) is 7.29. The maximum Gasteiger partial charge on any atom is 0.303 e. The Morgan fingerprint density at radius 2 is 1.07 bits per heavy atom.